The van der Waals surface area contributed by atoms with E-state index in [1.54, 1.807) is 30.7 Å². The lowest BCUT2D eigenvalue weighted by Crippen LogP contribution is -1.94. The molecule has 0 atom stereocenters. The monoisotopic (exact) mass is 346 g/mol. The van der Waals surface area contributed by atoms with Crippen LogP contribution in [-0.4, -0.2) is 20.2 Å². The van der Waals surface area contributed by atoms with Crippen molar-refractivity contribution in [2.24, 2.45) is 0 Å². The van der Waals surface area contributed by atoms with Crippen LogP contribution in [0.2, 0.25) is 0 Å². The zero-order chi connectivity index (χ0) is 17.9. The summed E-state index contributed by atoms with van der Waals surface area (Å²) in [6.07, 6.45) is 6.37. The van der Waals surface area contributed by atoms with Crippen molar-refractivity contribution >= 4 is 0 Å². The van der Waals surface area contributed by atoms with E-state index in [0.717, 1.165) is 11.1 Å². The van der Waals surface area contributed by atoms with Crippen LogP contribution < -0.4 is 0 Å². The molecule has 0 amide bonds. The molecule has 0 N–H and O–H groups in total. The minimum Gasteiger partial charge on any atom is -0.264 e. The zero-order valence-electron chi connectivity index (χ0n) is 13.5. The number of halogens is 2. The summed E-state index contributed by atoms with van der Waals surface area (Å²) < 4.78 is 28.3. The highest BCUT2D eigenvalue weighted by Crippen LogP contribution is 2.30. The molecule has 26 heavy (non-hydrogen) atoms. The average Bonchev–Trinajstić information content (AvgIpc) is 2.70. The second kappa shape index (κ2) is 6.76. The first-order valence-electron chi connectivity index (χ1n) is 7.86. The van der Waals surface area contributed by atoms with Gasteiger partial charge in [-0.1, -0.05) is 6.07 Å². The minimum absolute atomic E-state index is 0.0265. The third-order valence-electron chi connectivity index (χ3n) is 3.93. The highest BCUT2D eigenvalue weighted by molar-refractivity contribution is 5.74. The molecule has 0 aliphatic rings. The van der Waals surface area contributed by atoms with Crippen molar-refractivity contribution in [1.82, 2.24) is 20.2 Å². The molecule has 3 aromatic heterocycles. The van der Waals surface area contributed by atoms with E-state index in [-0.39, 0.29) is 11.3 Å². The van der Waals surface area contributed by atoms with Gasteiger partial charge in [0.1, 0.15) is 17.3 Å². The van der Waals surface area contributed by atoms with E-state index in [1.165, 1.54) is 24.4 Å². The van der Waals surface area contributed by atoms with Gasteiger partial charge in [-0.3, -0.25) is 9.97 Å². The Labute approximate surface area is 148 Å². The number of benzene rings is 1. The molecular formula is C20H12F2N4. The normalized spacial score (nSPS) is 10.7. The van der Waals surface area contributed by atoms with Crippen LogP contribution in [0.5, 0.6) is 0 Å². The fraction of sp³-hybridized carbons (Fsp3) is 0. The average molecular weight is 346 g/mol. The molecule has 0 aliphatic heterocycles. The first kappa shape index (κ1) is 16.0. The third-order valence-corrected chi connectivity index (χ3v) is 3.93. The van der Waals surface area contributed by atoms with Crippen molar-refractivity contribution in [2.75, 3.05) is 0 Å². The highest BCUT2D eigenvalue weighted by Gasteiger charge is 2.13. The quantitative estimate of drug-likeness (QED) is 0.546. The van der Waals surface area contributed by atoms with Gasteiger partial charge in [0, 0.05) is 35.3 Å². The van der Waals surface area contributed by atoms with Crippen LogP contribution in [0.3, 0.4) is 0 Å². The van der Waals surface area contributed by atoms with Crippen LogP contribution in [0, 0.1) is 11.6 Å². The Morgan fingerprint density at radius 2 is 1.62 bits per heavy atom. The Morgan fingerprint density at radius 3 is 2.42 bits per heavy atom. The number of rotatable bonds is 3. The van der Waals surface area contributed by atoms with Crippen molar-refractivity contribution in [3.63, 3.8) is 0 Å². The van der Waals surface area contributed by atoms with E-state index < -0.39 is 11.6 Å². The topological polar surface area (TPSA) is 51.6 Å². The van der Waals surface area contributed by atoms with Gasteiger partial charge >= 0.3 is 0 Å². The van der Waals surface area contributed by atoms with E-state index in [1.807, 2.05) is 18.2 Å². The summed E-state index contributed by atoms with van der Waals surface area (Å²) in [5.74, 6) is -1.12. The molecule has 4 nitrogen and oxygen atoms in total. The maximum Gasteiger partial charge on any atom is 0.149 e. The van der Waals surface area contributed by atoms with Crippen molar-refractivity contribution in [3.05, 3.63) is 85.0 Å². The van der Waals surface area contributed by atoms with Gasteiger partial charge in [0.05, 0.1) is 11.9 Å². The zero-order valence-corrected chi connectivity index (χ0v) is 13.5. The molecule has 0 saturated carbocycles. The van der Waals surface area contributed by atoms with Crippen molar-refractivity contribution in [2.45, 2.75) is 0 Å². The van der Waals surface area contributed by atoms with E-state index in [4.69, 9.17) is 0 Å². The number of nitrogens with zero attached hydrogens (tertiary/aromatic N) is 4. The summed E-state index contributed by atoms with van der Waals surface area (Å²) >= 11 is 0. The maximum atomic E-state index is 14.3. The predicted molar refractivity (Wildman–Crippen MR) is 93.8 cm³/mol. The molecule has 0 saturated heterocycles. The van der Waals surface area contributed by atoms with E-state index in [2.05, 4.69) is 20.2 Å². The van der Waals surface area contributed by atoms with Crippen LogP contribution in [0.4, 0.5) is 8.78 Å². The molecule has 0 bridgehead atoms. The molecule has 6 heteroatoms. The lowest BCUT2D eigenvalue weighted by atomic mass is 10.0. The van der Waals surface area contributed by atoms with Crippen LogP contribution in [0.25, 0.3) is 33.6 Å². The lowest BCUT2D eigenvalue weighted by molar-refractivity contribution is 0.611. The number of aromatic nitrogens is 4. The Bertz CT molecular complexity index is 1070. The van der Waals surface area contributed by atoms with Gasteiger partial charge in [-0.2, -0.15) is 10.2 Å². The third kappa shape index (κ3) is 3.04. The van der Waals surface area contributed by atoms with Gasteiger partial charge in [-0.15, -0.1) is 0 Å². The smallest absolute Gasteiger partial charge is 0.149 e. The molecule has 0 fully saturated rings. The van der Waals surface area contributed by atoms with Crippen molar-refractivity contribution < 1.29 is 8.78 Å². The first-order valence-corrected chi connectivity index (χ1v) is 7.86. The van der Waals surface area contributed by atoms with Gasteiger partial charge in [0.15, 0.2) is 0 Å². The minimum atomic E-state index is -0.576. The summed E-state index contributed by atoms with van der Waals surface area (Å²) in [6.45, 7) is 0. The molecule has 1 aromatic carbocycles. The van der Waals surface area contributed by atoms with Gasteiger partial charge < -0.3 is 0 Å². The SMILES string of the molecule is Fc1ccc(-c2cnnc(-c3cccnc3)c2)cc1-c1ncccc1F. The molecule has 3 heterocycles. The van der Waals surface area contributed by atoms with Crippen LogP contribution in [0.1, 0.15) is 0 Å². The fourth-order valence-corrected chi connectivity index (χ4v) is 2.65. The molecular weight excluding hydrogens is 334 g/mol. The molecule has 4 aromatic rings. The molecule has 0 radical (unpaired) electrons. The molecule has 4 rings (SSSR count). The second-order valence-corrected chi connectivity index (χ2v) is 5.60. The molecule has 0 spiro atoms. The van der Waals surface area contributed by atoms with Gasteiger partial charge in [-0.05, 0) is 48.0 Å². The summed E-state index contributed by atoms with van der Waals surface area (Å²) in [5, 5.41) is 8.13. The molecule has 0 aliphatic carbocycles. The van der Waals surface area contributed by atoms with Crippen LogP contribution >= 0.6 is 0 Å². The lowest BCUT2D eigenvalue weighted by Gasteiger charge is -2.08. The fourth-order valence-electron chi connectivity index (χ4n) is 2.65. The standard InChI is InChI=1S/C20H12F2N4/c21-17-6-5-13(9-16(17)20-18(22)4-2-8-24-20)15-10-19(26-25-12-15)14-3-1-7-23-11-14/h1-12H. The first-order chi connectivity index (χ1) is 12.7. The van der Waals surface area contributed by atoms with E-state index >= 15 is 0 Å². The highest BCUT2D eigenvalue weighted by atomic mass is 19.1. The molecule has 0 unspecified atom stereocenters. The maximum absolute atomic E-state index is 14.3. The van der Waals surface area contributed by atoms with E-state index in [0.29, 0.717) is 11.3 Å². The van der Waals surface area contributed by atoms with Gasteiger partial charge in [-0.25, -0.2) is 8.78 Å². The Morgan fingerprint density at radius 1 is 0.731 bits per heavy atom. The van der Waals surface area contributed by atoms with Crippen molar-refractivity contribution in [1.29, 1.82) is 0 Å². The van der Waals surface area contributed by atoms with Crippen molar-refractivity contribution in [3.8, 4) is 33.6 Å². The Hall–Kier alpha value is -3.54. The summed E-state index contributed by atoms with van der Waals surface area (Å²) in [4.78, 5) is 8.03. The van der Waals surface area contributed by atoms with Crippen LogP contribution in [0.15, 0.2) is 73.3 Å². The summed E-state index contributed by atoms with van der Waals surface area (Å²) in [6, 6.07) is 12.7. The van der Waals surface area contributed by atoms with E-state index in [9.17, 15) is 8.78 Å². The largest absolute Gasteiger partial charge is 0.264 e. The number of hydrogen-bond donors (Lipinski definition) is 0. The predicted octanol–water partition coefficient (Wildman–Crippen LogP) is 4.55. The summed E-state index contributed by atoms with van der Waals surface area (Å²) in [5.41, 5.74) is 2.95. The van der Waals surface area contributed by atoms with Gasteiger partial charge in [0.2, 0.25) is 0 Å². The second-order valence-electron chi connectivity index (χ2n) is 5.60. The number of pyridine rings is 2. The molecule has 126 valence electrons. The number of hydrogen-bond acceptors (Lipinski definition) is 4. The Kier molecular flexibility index (Phi) is 4.15. The van der Waals surface area contributed by atoms with Gasteiger partial charge in [0.25, 0.3) is 0 Å². The summed E-state index contributed by atoms with van der Waals surface area (Å²) in [7, 11) is 0. The van der Waals surface area contributed by atoms with Crippen LogP contribution in [-0.2, 0) is 0 Å². The Balaban J connectivity index is 1.80.